The first-order chi connectivity index (χ1) is 14.3. The molecular weight excluding hydrogens is 509 g/mol. The minimum Gasteiger partial charge on any atom is -0.443 e. The van der Waals surface area contributed by atoms with Crippen LogP contribution in [0.15, 0.2) is 39.9 Å². The number of nitrogens with one attached hydrogen (secondary N) is 2. The zero-order valence-electron chi connectivity index (χ0n) is 18.4. The zero-order chi connectivity index (χ0) is 21.7. The molecule has 0 atom stereocenters. The topological polar surface area (TPSA) is 99.8 Å². The van der Waals surface area contributed by atoms with Crippen molar-refractivity contribution < 1.29 is 14.0 Å². The minimum atomic E-state index is -0.207. The summed E-state index contributed by atoms with van der Waals surface area (Å²) < 4.78 is 5.76. The minimum absolute atomic E-state index is 0. The van der Waals surface area contributed by atoms with Crippen molar-refractivity contribution in [2.24, 2.45) is 4.99 Å². The van der Waals surface area contributed by atoms with E-state index in [1.165, 1.54) is 4.90 Å². The first kappa shape index (κ1) is 24.8. The highest BCUT2D eigenvalue weighted by atomic mass is 127. The summed E-state index contributed by atoms with van der Waals surface area (Å²) >= 11 is 0. The first-order valence-corrected chi connectivity index (χ1v) is 10.2. The number of imide groups is 1. The number of rotatable bonds is 7. The molecule has 0 fully saturated rings. The van der Waals surface area contributed by atoms with Crippen molar-refractivity contribution in [3.8, 4) is 0 Å². The number of guanidine groups is 1. The molecular formula is C22H30IN5O3. The average molecular weight is 539 g/mol. The van der Waals surface area contributed by atoms with E-state index in [-0.39, 0.29) is 41.2 Å². The van der Waals surface area contributed by atoms with Gasteiger partial charge in [0.15, 0.2) is 5.96 Å². The van der Waals surface area contributed by atoms with Crippen LogP contribution in [0.25, 0.3) is 0 Å². The normalized spacial score (nSPS) is 13.8. The lowest BCUT2D eigenvalue weighted by Gasteiger charge is -2.15. The average Bonchev–Trinajstić information content (AvgIpc) is 3.29. The third-order valence-electron chi connectivity index (χ3n) is 4.90. The SMILES string of the molecule is CN=C(NCCCCN1C(=O)c2ccccc2C1=O)NCc1ncc(C(C)(C)C)o1.I. The lowest BCUT2D eigenvalue weighted by Crippen LogP contribution is -2.37. The van der Waals surface area contributed by atoms with E-state index in [1.807, 2.05) is 0 Å². The van der Waals surface area contributed by atoms with Crippen LogP contribution in [-0.2, 0) is 12.0 Å². The van der Waals surface area contributed by atoms with Crippen molar-refractivity contribution in [1.82, 2.24) is 20.5 Å². The number of carbonyl (C=O) groups excluding carboxylic acids is 2. The second kappa shape index (κ2) is 10.7. The zero-order valence-corrected chi connectivity index (χ0v) is 20.7. The van der Waals surface area contributed by atoms with Crippen molar-refractivity contribution in [2.45, 2.75) is 45.6 Å². The summed E-state index contributed by atoms with van der Waals surface area (Å²) in [6, 6.07) is 6.95. The molecule has 0 spiro atoms. The van der Waals surface area contributed by atoms with Gasteiger partial charge in [-0.3, -0.25) is 19.5 Å². The van der Waals surface area contributed by atoms with Crippen molar-refractivity contribution in [2.75, 3.05) is 20.1 Å². The van der Waals surface area contributed by atoms with E-state index < -0.39 is 0 Å². The van der Waals surface area contributed by atoms with Crippen LogP contribution in [0.1, 0.15) is 66.0 Å². The lowest BCUT2D eigenvalue weighted by molar-refractivity contribution is 0.0652. The highest BCUT2D eigenvalue weighted by Gasteiger charge is 2.34. The van der Waals surface area contributed by atoms with Gasteiger partial charge in [0, 0.05) is 25.6 Å². The predicted molar refractivity (Wildman–Crippen MR) is 130 cm³/mol. The number of aliphatic imine (C=N–C) groups is 1. The number of nitrogens with zero attached hydrogens (tertiary/aromatic N) is 3. The molecule has 2 N–H and O–H groups in total. The summed E-state index contributed by atoms with van der Waals surface area (Å²) in [5.41, 5.74) is 0.905. The van der Waals surface area contributed by atoms with Crippen molar-refractivity contribution in [1.29, 1.82) is 0 Å². The Hall–Kier alpha value is -2.43. The number of benzene rings is 1. The molecule has 3 rings (SSSR count). The summed E-state index contributed by atoms with van der Waals surface area (Å²) in [6.07, 6.45) is 3.26. The quantitative estimate of drug-likeness (QED) is 0.184. The Morgan fingerprint density at radius 3 is 2.29 bits per heavy atom. The Morgan fingerprint density at radius 2 is 1.74 bits per heavy atom. The van der Waals surface area contributed by atoms with Crippen LogP contribution in [0.3, 0.4) is 0 Å². The van der Waals surface area contributed by atoms with E-state index in [2.05, 4.69) is 41.4 Å². The van der Waals surface area contributed by atoms with E-state index in [4.69, 9.17) is 4.42 Å². The first-order valence-electron chi connectivity index (χ1n) is 10.2. The van der Waals surface area contributed by atoms with Gasteiger partial charge in [-0.1, -0.05) is 32.9 Å². The van der Waals surface area contributed by atoms with Gasteiger partial charge < -0.3 is 15.1 Å². The van der Waals surface area contributed by atoms with Gasteiger partial charge in [0.25, 0.3) is 11.8 Å². The Bertz CT molecular complexity index is 914. The highest BCUT2D eigenvalue weighted by Crippen LogP contribution is 2.23. The molecule has 0 radical (unpaired) electrons. The van der Waals surface area contributed by atoms with Gasteiger partial charge in [-0.2, -0.15) is 0 Å². The molecule has 0 saturated carbocycles. The Balaban J connectivity index is 0.00000341. The summed E-state index contributed by atoms with van der Waals surface area (Å²) in [5.74, 6) is 1.68. The Kier molecular flexibility index (Phi) is 8.60. The maximum atomic E-state index is 12.4. The number of hydrogen-bond acceptors (Lipinski definition) is 5. The van der Waals surface area contributed by atoms with Gasteiger partial charge in [-0.05, 0) is 25.0 Å². The highest BCUT2D eigenvalue weighted by molar-refractivity contribution is 14.0. The van der Waals surface area contributed by atoms with Crippen molar-refractivity contribution in [3.63, 3.8) is 0 Å². The fraction of sp³-hybridized carbons (Fsp3) is 0.455. The number of amides is 2. The number of oxazole rings is 1. The maximum absolute atomic E-state index is 12.4. The van der Waals surface area contributed by atoms with Crippen LogP contribution in [0.2, 0.25) is 0 Å². The maximum Gasteiger partial charge on any atom is 0.261 e. The molecule has 8 nitrogen and oxygen atoms in total. The van der Waals surface area contributed by atoms with Crippen molar-refractivity contribution in [3.05, 3.63) is 53.2 Å². The van der Waals surface area contributed by atoms with Crippen LogP contribution in [0.5, 0.6) is 0 Å². The van der Waals surface area contributed by atoms with Crippen LogP contribution in [0.4, 0.5) is 0 Å². The van der Waals surface area contributed by atoms with Crippen LogP contribution in [0, 0.1) is 0 Å². The van der Waals surface area contributed by atoms with E-state index in [9.17, 15) is 9.59 Å². The molecule has 9 heteroatoms. The van der Waals surface area contributed by atoms with Gasteiger partial charge in [-0.25, -0.2) is 4.98 Å². The standard InChI is InChI=1S/C22H29N5O3.HI/c1-22(2,3)17-13-25-18(30-17)14-26-21(23-4)24-11-7-8-12-27-19(28)15-9-5-6-10-16(15)20(27)29;/h5-6,9-10,13H,7-8,11-12,14H2,1-4H3,(H2,23,24,26);1H. The molecule has 0 saturated heterocycles. The van der Waals surface area contributed by atoms with E-state index in [1.54, 1.807) is 37.5 Å². The fourth-order valence-corrected chi connectivity index (χ4v) is 3.16. The largest absolute Gasteiger partial charge is 0.443 e. The van der Waals surface area contributed by atoms with E-state index in [0.29, 0.717) is 49.0 Å². The molecule has 0 unspecified atom stereocenters. The number of unbranched alkanes of at least 4 members (excludes halogenated alkanes) is 1. The smallest absolute Gasteiger partial charge is 0.261 e. The van der Waals surface area contributed by atoms with Gasteiger partial charge in [0.2, 0.25) is 5.89 Å². The Morgan fingerprint density at radius 1 is 1.10 bits per heavy atom. The van der Waals surface area contributed by atoms with Crippen LogP contribution in [-0.4, -0.2) is 47.8 Å². The molecule has 1 aromatic carbocycles. The third kappa shape index (κ3) is 6.05. The molecule has 0 aliphatic carbocycles. The lowest BCUT2D eigenvalue weighted by atomic mass is 9.94. The van der Waals surface area contributed by atoms with Gasteiger partial charge >= 0.3 is 0 Å². The molecule has 31 heavy (non-hydrogen) atoms. The van der Waals surface area contributed by atoms with Gasteiger partial charge in [0.05, 0.1) is 23.9 Å². The van der Waals surface area contributed by atoms with E-state index >= 15 is 0 Å². The molecule has 0 bridgehead atoms. The number of halogens is 1. The van der Waals surface area contributed by atoms with Gasteiger partial charge in [-0.15, -0.1) is 24.0 Å². The van der Waals surface area contributed by atoms with Crippen molar-refractivity contribution >= 4 is 41.8 Å². The second-order valence-corrected chi connectivity index (χ2v) is 8.24. The molecule has 1 aliphatic heterocycles. The summed E-state index contributed by atoms with van der Waals surface area (Å²) in [7, 11) is 1.70. The Labute approximate surface area is 199 Å². The molecule has 1 aliphatic rings. The molecule has 2 aromatic rings. The molecule has 2 heterocycles. The second-order valence-electron chi connectivity index (χ2n) is 8.24. The fourth-order valence-electron chi connectivity index (χ4n) is 3.16. The van der Waals surface area contributed by atoms with Crippen LogP contribution < -0.4 is 10.6 Å². The monoisotopic (exact) mass is 539 g/mol. The predicted octanol–water partition coefficient (Wildman–Crippen LogP) is 3.33. The molecule has 168 valence electrons. The summed E-state index contributed by atoms with van der Waals surface area (Å²) in [6.45, 7) is 7.74. The number of carbonyl (C=O) groups is 2. The summed E-state index contributed by atoms with van der Waals surface area (Å²) in [4.78, 5) is 34.5. The number of fused-ring (bicyclic) bond motifs is 1. The molecule has 1 aromatic heterocycles. The number of aromatic nitrogens is 1. The number of hydrogen-bond donors (Lipinski definition) is 2. The van der Waals surface area contributed by atoms with E-state index in [0.717, 1.165) is 12.2 Å². The summed E-state index contributed by atoms with van der Waals surface area (Å²) in [5, 5.41) is 6.40. The van der Waals surface area contributed by atoms with Gasteiger partial charge in [0.1, 0.15) is 5.76 Å². The third-order valence-corrected chi connectivity index (χ3v) is 4.90. The van der Waals surface area contributed by atoms with Crippen LogP contribution >= 0.6 is 24.0 Å². The molecule has 2 amide bonds.